The van der Waals surface area contributed by atoms with Crippen LogP contribution in [-0.2, 0) is 11.3 Å². The SMILES string of the molecule is CCN1CCN(C(=O)c2nnc3c(-c4ccc(OC)cc4)c(COC)nn3c2C)CC1. The number of amides is 1. The summed E-state index contributed by atoms with van der Waals surface area (Å²) in [5.74, 6) is 0.671. The van der Waals surface area contributed by atoms with Gasteiger partial charge in [0.15, 0.2) is 11.3 Å². The predicted molar refractivity (Wildman–Crippen MR) is 116 cm³/mol. The first kappa shape index (κ1) is 21.2. The smallest absolute Gasteiger partial charge is 0.276 e. The molecule has 1 aliphatic rings. The molecule has 0 N–H and O–H groups in total. The number of likely N-dealkylation sites (N-methyl/N-ethyl adjacent to an activating group) is 1. The normalized spacial score (nSPS) is 14.9. The summed E-state index contributed by atoms with van der Waals surface area (Å²) >= 11 is 0. The molecule has 0 aliphatic carbocycles. The van der Waals surface area contributed by atoms with Crippen LogP contribution >= 0.6 is 0 Å². The van der Waals surface area contributed by atoms with Crippen molar-refractivity contribution in [3.8, 4) is 16.9 Å². The summed E-state index contributed by atoms with van der Waals surface area (Å²) in [6.45, 7) is 8.45. The van der Waals surface area contributed by atoms with Crippen LogP contribution in [-0.4, -0.2) is 82.5 Å². The lowest BCUT2D eigenvalue weighted by atomic mass is 10.1. The van der Waals surface area contributed by atoms with E-state index in [0.717, 1.165) is 42.2 Å². The highest BCUT2D eigenvalue weighted by Gasteiger charge is 2.27. The molecule has 0 unspecified atom stereocenters. The maximum absolute atomic E-state index is 13.1. The van der Waals surface area contributed by atoms with Crippen LogP contribution in [0.5, 0.6) is 5.75 Å². The van der Waals surface area contributed by atoms with Gasteiger partial charge in [-0.25, -0.2) is 4.52 Å². The van der Waals surface area contributed by atoms with Crippen LogP contribution in [0, 0.1) is 6.92 Å². The van der Waals surface area contributed by atoms with Gasteiger partial charge in [0.1, 0.15) is 5.75 Å². The van der Waals surface area contributed by atoms with E-state index < -0.39 is 0 Å². The van der Waals surface area contributed by atoms with Crippen LogP contribution in [0.2, 0.25) is 0 Å². The molecule has 0 bridgehead atoms. The van der Waals surface area contributed by atoms with Crippen molar-refractivity contribution < 1.29 is 14.3 Å². The number of piperazine rings is 1. The Labute approximate surface area is 181 Å². The number of carbonyl (C=O) groups is 1. The molecule has 1 aromatic carbocycles. The fraction of sp³-hybridized carbons (Fsp3) is 0.455. The zero-order chi connectivity index (χ0) is 22.0. The second kappa shape index (κ2) is 8.99. The Morgan fingerprint density at radius 2 is 1.77 bits per heavy atom. The van der Waals surface area contributed by atoms with Crippen molar-refractivity contribution in [2.75, 3.05) is 46.9 Å². The fourth-order valence-corrected chi connectivity index (χ4v) is 3.95. The Morgan fingerprint density at radius 3 is 2.39 bits per heavy atom. The van der Waals surface area contributed by atoms with Gasteiger partial charge in [-0.3, -0.25) is 4.79 Å². The number of benzene rings is 1. The summed E-state index contributed by atoms with van der Waals surface area (Å²) in [4.78, 5) is 17.3. The second-order valence-electron chi connectivity index (χ2n) is 7.58. The molecule has 1 fully saturated rings. The third-order valence-electron chi connectivity index (χ3n) is 5.81. The molecule has 4 rings (SSSR count). The maximum Gasteiger partial charge on any atom is 0.276 e. The van der Waals surface area contributed by atoms with E-state index in [1.807, 2.05) is 36.1 Å². The number of aryl methyl sites for hydroxylation is 1. The van der Waals surface area contributed by atoms with Crippen molar-refractivity contribution in [2.24, 2.45) is 0 Å². The van der Waals surface area contributed by atoms with Crippen molar-refractivity contribution in [1.82, 2.24) is 29.6 Å². The van der Waals surface area contributed by atoms with Gasteiger partial charge in [-0.2, -0.15) is 5.10 Å². The quantitative estimate of drug-likeness (QED) is 0.599. The van der Waals surface area contributed by atoms with Crippen LogP contribution in [0.1, 0.15) is 28.8 Å². The van der Waals surface area contributed by atoms with Gasteiger partial charge in [0, 0.05) is 33.3 Å². The largest absolute Gasteiger partial charge is 0.497 e. The Bertz CT molecular complexity index is 1070. The highest BCUT2D eigenvalue weighted by atomic mass is 16.5. The third-order valence-corrected chi connectivity index (χ3v) is 5.81. The van der Waals surface area contributed by atoms with Gasteiger partial charge in [-0.05, 0) is 31.2 Å². The molecule has 0 saturated carbocycles. The minimum Gasteiger partial charge on any atom is -0.497 e. The molecule has 9 nitrogen and oxygen atoms in total. The molecule has 3 aromatic rings. The Balaban J connectivity index is 1.73. The standard InChI is InChI=1S/C22H28N6O3/c1-5-26-10-12-27(13-11-26)22(29)20-15(2)28-21(24-23-20)19(18(25-28)14-30-3)16-6-8-17(31-4)9-7-16/h6-9H,5,10-14H2,1-4H3. The summed E-state index contributed by atoms with van der Waals surface area (Å²) in [6, 6.07) is 7.70. The van der Waals surface area contributed by atoms with Gasteiger partial charge in [-0.1, -0.05) is 19.1 Å². The lowest BCUT2D eigenvalue weighted by Crippen LogP contribution is -2.48. The van der Waals surface area contributed by atoms with Crippen molar-refractivity contribution in [1.29, 1.82) is 0 Å². The van der Waals surface area contributed by atoms with E-state index in [2.05, 4.69) is 22.0 Å². The summed E-state index contributed by atoms with van der Waals surface area (Å²) in [6.07, 6.45) is 0. The Morgan fingerprint density at radius 1 is 1.06 bits per heavy atom. The summed E-state index contributed by atoms with van der Waals surface area (Å²) < 4.78 is 12.3. The highest BCUT2D eigenvalue weighted by molar-refractivity contribution is 5.94. The summed E-state index contributed by atoms with van der Waals surface area (Å²) in [5, 5.41) is 13.5. The van der Waals surface area contributed by atoms with Gasteiger partial charge in [0.25, 0.3) is 5.91 Å². The Hall–Kier alpha value is -3.04. The maximum atomic E-state index is 13.1. The number of rotatable bonds is 6. The first-order valence-corrected chi connectivity index (χ1v) is 10.5. The van der Waals surface area contributed by atoms with Gasteiger partial charge in [0.2, 0.25) is 0 Å². The van der Waals surface area contributed by atoms with Crippen LogP contribution in [0.15, 0.2) is 24.3 Å². The number of hydrogen-bond donors (Lipinski definition) is 0. The average molecular weight is 425 g/mol. The molecule has 9 heteroatoms. The van der Waals surface area contributed by atoms with E-state index in [9.17, 15) is 4.79 Å². The van der Waals surface area contributed by atoms with E-state index >= 15 is 0 Å². The van der Waals surface area contributed by atoms with E-state index in [1.165, 1.54) is 0 Å². The van der Waals surface area contributed by atoms with Crippen LogP contribution in [0.4, 0.5) is 0 Å². The fourth-order valence-electron chi connectivity index (χ4n) is 3.95. The summed E-state index contributed by atoms with van der Waals surface area (Å²) in [5.41, 5.74) is 4.13. The topological polar surface area (TPSA) is 85.1 Å². The van der Waals surface area contributed by atoms with E-state index in [4.69, 9.17) is 14.6 Å². The number of aromatic nitrogens is 4. The lowest BCUT2D eigenvalue weighted by molar-refractivity contribution is 0.0634. The molecular weight excluding hydrogens is 396 g/mol. The van der Waals surface area contributed by atoms with E-state index in [-0.39, 0.29) is 5.91 Å². The van der Waals surface area contributed by atoms with Gasteiger partial charge in [-0.15, -0.1) is 10.2 Å². The zero-order valence-corrected chi connectivity index (χ0v) is 18.5. The summed E-state index contributed by atoms with van der Waals surface area (Å²) in [7, 11) is 3.27. The van der Waals surface area contributed by atoms with Crippen molar-refractivity contribution in [3.63, 3.8) is 0 Å². The molecular formula is C22H28N6O3. The molecule has 0 spiro atoms. The van der Waals surface area contributed by atoms with Crippen LogP contribution in [0.3, 0.4) is 0 Å². The molecule has 0 atom stereocenters. The lowest BCUT2D eigenvalue weighted by Gasteiger charge is -2.33. The van der Waals surface area contributed by atoms with E-state index in [1.54, 1.807) is 18.7 Å². The minimum atomic E-state index is -0.0996. The van der Waals surface area contributed by atoms with Crippen LogP contribution in [0.25, 0.3) is 16.8 Å². The predicted octanol–water partition coefficient (Wildman–Crippen LogP) is 2.03. The number of methoxy groups -OCH3 is 2. The first-order valence-electron chi connectivity index (χ1n) is 10.5. The minimum absolute atomic E-state index is 0.0996. The number of ether oxygens (including phenoxy) is 2. The molecule has 1 saturated heterocycles. The highest BCUT2D eigenvalue weighted by Crippen LogP contribution is 2.30. The molecule has 0 radical (unpaired) electrons. The van der Waals surface area contributed by atoms with Crippen molar-refractivity contribution in [2.45, 2.75) is 20.5 Å². The Kier molecular flexibility index (Phi) is 6.15. The molecule has 1 aliphatic heterocycles. The van der Waals surface area contributed by atoms with E-state index in [0.29, 0.717) is 36.7 Å². The van der Waals surface area contributed by atoms with Crippen molar-refractivity contribution >= 4 is 11.6 Å². The number of nitrogens with zero attached hydrogens (tertiary/aromatic N) is 6. The molecule has 1 amide bonds. The zero-order valence-electron chi connectivity index (χ0n) is 18.5. The third kappa shape index (κ3) is 3.98. The molecule has 31 heavy (non-hydrogen) atoms. The average Bonchev–Trinajstić information content (AvgIpc) is 3.18. The monoisotopic (exact) mass is 424 g/mol. The number of carbonyl (C=O) groups excluding carboxylic acids is 1. The van der Waals surface area contributed by atoms with Crippen molar-refractivity contribution in [3.05, 3.63) is 41.3 Å². The van der Waals surface area contributed by atoms with Gasteiger partial charge < -0.3 is 19.3 Å². The molecule has 164 valence electrons. The van der Waals surface area contributed by atoms with Gasteiger partial charge >= 0.3 is 0 Å². The first-order chi connectivity index (χ1) is 15.1. The second-order valence-corrected chi connectivity index (χ2v) is 7.58. The van der Waals surface area contributed by atoms with Crippen LogP contribution < -0.4 is 4.74 Å². The van der Waals surface area contributed by atoms with Gasteiger partial charge in [0.05, 0.1) is 30.7 Å². The number of fused-ring (bicyclic) bond motifs is 1. The number of hydrogen-bond acceptors (Lipinski definition) is 7. The molecule has 3 heterocycles. The molecule has 2 aromatic heterocycles.